The number of aromatic nitrogens is 2. The first-order valence-electron chi connectivity index (χ1n) is 4.19. The third kappa shape index (κ3) is 4.02. The maximum absolute atomic E-state index is 4.37. The van der Waals surface area contributed by atoms with E-state index in [1.807, 2.05) is 0 Å². The van der Waals surface area contributed by atoms with Gasteiger partial charge in [-0.15, -0.1) is 24.0 Å². The van der Waals surface area contributed by atoms with Crippen molar-refractivity contribution in [2.75, 3.05) is 16.3 Å². The topological polar surface area (TPSA) is 50.2 Å². The second kappa shape index (κ2) is 6.84. The Balaban J connectivity index is 0.00000112. The smallest absolute Gasteiger partial charge is 0.228 e. The molecule has 0 aromatic carbocycles. The number of rotatable bonds is 2. The minimum absolute atomic E-state index is 0. The van der Waals surface area contributed by atoms with Crippen LogP contribution >= 0.6 is 58.3 Å². The molecule has 1 aromatic rings. The summed E-state index contributed by atoms with van der Waals surface area (Å²) in [4.78, 5) is 12.5. The third-order valence-corrected chi connectivity index (χ3v) is 4.44. The summed E-state index contributed by atoms with van der Waals surface area (Å²) in [7, 11) is 0. The normalized spacial score (nSPS) is 19.3. The Kier molecular flexibility index (Phi) is 6.12. The zero-order chi connectivity index (χ0) is 9.80. The first-order chi connectivity index (χ1) is 6.88. The van der Waals surface area contributed by atoms with Gasteiger partial charge in [-0.25, -0.2) is 9.97 Å². The summed E-state index contributed by atoms with van der Waals surface area (Å²) < 4.78 is 1.12. The van der Waals surface area contributed by atoms with Gasteiger partial charge in [0, 0.05) is 22.1 Å². The Hall–Kier alpha value is 0.360. The second-order valence-electron chi connectivity index (χ2n) is 2.74. The lowest BCUT2D eigenvalue weighted by Crippen LogP contribution is -2.10. The molecule has 0 saturated heterocycles. The minimum atomic E-state index is 0. The molecule has 0 amide bonds. The average molecular weight is 448 g/mol. The van der Waals surface area contributed by atoms with Gasteiger partial charge in [0.05, 0.1) is 6.54 Å². The maximum Gasteiger partial charge on any atom is 0.228 e. The first kappa shape index (κ1) is 13.4. The van der Waals surface area contributed by atoms with Crippen LogP contribution in [0.15, 0.2) is 23.5 Å². The van der Waals surface area contributed by atoms with Crippen LogP contribution in [-0.2, 0) is 0 Å². The zero-order valence-electron chi connectivity index (χ0n) is 7.76. The number of thioether (sulfide) groups is 1. The quantitative estimate of drug-likeness (QED) is 0.558. The van der Waals surface area contributed by atoms with Crippen molar-refractivity contribution in [3.05, 3.63) is 18.5 Å². The molecule has 2 rings (SSSR count). The Labute approximate surface area is 123 Å². The molecule has 15 heavy (non-hydrogen) atoms. The first-order valence-corrected chi connectivity index (χ1v) is 6.60. The summed E-state index contributed by atoms with van der Waals surface area (Å²) in [6, 6.07) is 1.79. The molecule has 0 saturated carbocycles. The number of alkyl halides is 1. The maximum atomic E-state index is 4.37. The van der Waals surface area contributed by atoms with Crippen LogP contribution in [0.1, 0.15) is 0 Å². The van der Waals surface area contributed by atoms with Crippen LogP contribution in [0.5, 0.6) is 0 Å². The lowest BCUT2D eigenvalue weighted by Gasteiger charge is -2.03. The molecule has 2 heterocycles. The van der Waals surface area contributed by atoms with Crippen molar-refractivity contribution in [1.82, 2.24) is 9.97 Å². The summed E-state index contributed by atoms with van der Waals surface area (Å²) in [5, 5.41) is 4.62. The van der Waals surface area contributed by atoms with E-state index in [9.17, 15) is 0 Å². The highest BCUT2D eigenvalue weighted by Gasteiger charge is 2.18. The van der Waals surface area contributed by atoms with Crippen LogP contribution in [0, 0.1) is 0 Å². The van der Waals surface area contributed by atoms with Gasteiger partial charge in [-0.3, -0.25) is 4.99 Å². The lowest BCUT2D eigenvalue weighted by atomic mass is 10.5. The van der Waals surface area contributed by atoms with E-state index in [4.69, 9.17) is 0 Å². The van der Waals surface area contributed by atoms with Crippen LogP contribution < -0.4 is 5.32 Å². The standard InChI is InChI=1S/C8H9IN4S.HI/c9-4-6-5-12-8(14-6)13-7-10-2-1-3-11-7;/h1-3,6H,4-5H2,(H,10,11,12,13);1H. The van der Waals surface area contributed by atoms with Crippen molar-refractivity contribution in [3.63, 3.8) is 0 Å². The highest BCUT2D eigenvalue weighted by molar-refractivity contribution is 14.1. The summed E-state index contributed by atoms with van der Waals surface area (Å²) in [6.45, 7) is 0.892. The molecule has 0 radical (unpaired) electrons. The molecule has 7 heteroatoms. The van der Waals surface area contributed by atoms with Crippen LogP contribution in [0.4, 0.5) is 5.95 Å². The number of halogens is 2. The largest absolute Gasteiger partial charge is 0.304 e. The fourth-order valence-corrected chi connectivity index (χ4v) is 2.67. The van der Waals surface area contributed by atoms with E-state index in [1.54, 1.807) is 30.2 Å². The fraction of sp³-hybridized carbons (Fsp3) is 0.375. The molecular weight excluding hydrogens is 438 g/mol. The third-order valence-electron chi connectivity index (χ3n) is 1.67. The minimum Gasteiger partial charge on any atom is -0.304 e. The van der Waals surface area contributed by atoms with E-state index < -0.39 is 0 Å². The molecule has 1 aromatic heterocycles. The number of anilines is 1. The van der Waals surface area contributed by atoms with Crippen molar-refractivity contribution in [2.24, 2.45) is 4.99 Å². The predicted molar refractivity (Wildman–Crippen MR) is 83.6 cm³/mol. The highest BCUT2D eigenvalue weighted by atomic mass is 127. The van der Waals surface area contributed by atoms with Crippen LogP contribution in [0.2, 0.25) is 0 Å². The van der Waals surface area contributed by atoms with Crippen molar-refractivity contribution < 1.29 is 0 Å². The molecular formula is C8H10I2N4S. The molecule has 0 aliphatic carbocycles. The summed E-state index contributed by atoms with van der Waals surface area (Å²) in [5.74, 6) is 0.618. The summed E-state index contributed by atoms with van der Waals surface area (Å²) in [5.41, 5.74) is 0. The number of amidine groups is 1. The van der Waals surface area contributed by atoms with Gasteiger partial charge in [0.15, 0.2) is 5.17 Å². The Morgan fingerprint density at radius 1 is 1.47 bits per heavy atom. The molecule has 1 N–H and O–H groups in total. The van der Waals surface area contributed by atoms with Gasteiger partial charge in [0.2, 0.25) is 5.95 Å². The molecule has 0 bridgehead atoms. The highest BCUT2D eigenvalue weighted by Crippen LogP contribution is 2.22. The Morgan fingerprint density at radius 2 is 2.20 bits per heavy atom. The Morgan fingerprint density at radius 3 is 2.80 bits per heavy atom. The number of hydrogen-bond acceptors (Lipinski definition) is 5. The van der Waals surface area contributed by atoms with Gasteiger partial charge in [-0.2, -0.15) is 0 Å². The molecule has 1 unspecified atom stereocenters. The van der Waals surface area contributed by atoms with Gasteiger partial charge in [0.25, 0.3) is 0 Å². The molecule has 1 atom stereocenters. The summed E-state index contributed by atoms with van der Waals surface area (Å²) >= 11 is 4.13. The van der Waals surface area contributed by atoms with Crippen molar-refractivity contribution in [1.29, 1.82) is 0 Å². The average Bonchev–Trinajstić information content (AvgIpc) is 2.67. The number of hydrogen-bond donors (Lipinski definition) is 1. The van der Waals surface area contributed by atoms with Crippen molar-refractivity contribution in [2.45, 2.75) is 5.25 Å². The fourth-order valence-electron chi connectivity index (χ4n) is 1.03. The lowest BCUT2D eigenvalue weighted by molar-refractivity contribution is 0.998. The van der Waals surface area contributed by atoms with E-state index in [2.05, 4.69) is 42.9 Å². The molecule has 4 nitrogen and oxygen atoms in total. The van der Waals surface area contributed by atoms with Gasteiger partial charge < -0.3 is 5.32 Å². The van der Waals surface area contributed by atoms with Gasteiger partial charge in [0.1, 0.15) is 0 Å². The predicted octanol–water partition coefficient (Wildman–Crippen LogP) is 2.41. The monoisotopic (exact) mass is 448 g/mol. The summed E-state index contributed by atoms with van der Waals surface area (Å²) in [6.07, 6.45) is 3.43. The molecule has 0 spiro atoms. The number of nitrogens with zero attached hydrogens (tertiary/aromatic N) is 3. The molecule has 0 fully saturated rings. The van der Waals surface area contributed by atoms with E-state index in [1.165, 1.54) is 0 Å². The van der Waals surface area contributed by atoms with Crippen LogP contribution in [0.3, 0.4) is 0 Å². The van der Waals surface area contributed by atoms with E-state index >= 15 is 0 Å². The van der Waals surface area contributed by atoms with Gasteiger partial charge >= 0.3 is 0 Å². The van der Waals surface area contributed by atoms with Gasteiger partial charge in [-0.1, -0.05) is 34.4 Å². The zero-order valence-corrected chi connectivity index (χ0v) is 13.1. The van der Waals surface area contributed by atoms with Crippen LogP contribution in [0.25, 0.3) is 0 Å². The molecule has 1 aliphatic heterocycles. The van der Waals surface area contributed by atoms with Gasteiger partial charge in [-0.05, 0) is 6.07 Å². The Bertz CT molecular complexity index is 333. The number of nitrogens with one attached hydrogen (secondary N) is 1. The van der Waals surface area contributed by atoms with Crippen LogP contribution in [-0.4, -0.2) is 31.4 Å². The number of aliphatic imine (C=N–C) groups is 1. The van der Waals surface area contributed by atoms with E-state index in [0.717, 1.165) is 16.1 Å². The van der Waals surface area contributed by atoms with E-state index in [0.29, 0.717) is 11.2 Å². The SMILES string of the molecule is I.ICC1CN=C(Nc2ncccn2)S1. The van der Waals surface area contributed by atoms with Crippen molar-refractivity contribution in [3.8, 4) is 0 Å². The van der Waals surface area contributed by atoms with Crippen molar-refractivity contribution >= 4 is 69.4 Å². The molecule has 1 aliphatic rings. The van der Waals surface area contributed by atoms with E-state index in [-0.39, 0.29) is 24.0 Å². The molecule has 82 valence electrons. The second-order valence-corrected chi connectivity index (χ2v) is 4.91.